The third-order valence-electron chi connectivity index (χ3n) is 5.65. The summed E-state index contributed by atoms with van der Waals surface area (Å²) in [4.78, 5) is 12.5. The molecule has 5 nitrogen and oxygen atoms in total. The van der Waals surface area contributed by atoms with Crippen LogP contribution in [0.1, 0.15) is 18.4 Å². The molecule has 6 heteroatoms. The predicted molar refractivity (Wildman–Crippen MR) is 93.4 cm³/mol. The molecule has 0 radical (unpaired) electrons. The van der Waals surface area contributed by atoms with Gasteiger partial charge in [0.05, 0.1) is 5.69 Å². The van der Waals surface area contributed by atoms with Crippen molar-refractivity contribution in [3.8, 4) is 0 Å². The minimum Gasteiger partial charge on any atom is -0.396 e. The SMILES string of the molecule is OCC12CCN(Cc3ccc4c(c3)Nc3nccnc3S4)CC1C2. The maximum absolute atomic E-state index is 9.54. The minimum absolute atomic E-state index is 0.271. The number of aliphatic hydroxyl groups excluding tert-OH is 1. The maximum Gasteiger partial charge on any atom is 0.163 e. The molecule has 1 aliphatic carbocycles. The molecular weight excluding hydrogens is 320 g/mol. The van der Waals surface area contributed by atoms with Crippen LogP contribution in [0, 0.1) is 11.3 Å². The van der Waals surface area contributed by atoms with Gasteiger partial charge in [0, 0.05) is 37.0 Å². The Bertz CT molecular complexity index is 798. The van der Waals surface area contributed by atoms with E-state index in [1.54, 1.807) is 24.2 Å². The number of benzene rings is 1. The first-order chi connectivity index (χ1) is 11.8. The molecule has 1 saturated heterocycles. The fourth-order valence-corrected chi connectivity index (χ4v) is 4.91. The molecule has 2 atom stereocenters. The van der Waals surface area contributed by atoms with Crippen molar-refractivity contribution in [1.82, 2.24) is 14.9 Å². The van der Waals surface area contributed by atoms with Crippen molar-refractivity contribution in [1.29, 1.82) is 0 Å². The van der Waals surface area contributed by atoms with E-state index >= 15 is 0 Å². The zero-order valence-corrected chi connectivity index (χ0v) is 14.2. The Kier molecular flexibility index (Phi) is 3.33. The zero-order valence-electron chi connectivity index (χ0n) is 13.4. The van der Waals surface area contributed by atoms with E-state index in [4.69, 9.17) is 0 Å². The number of nitrogens with zero attached hydrogens (tertiary/aromatic N) is 3. The Hall–Kier alpha value is -1.63. The molecule has 3 heterocycles. The van der Waals surface area contributed by atoms with Gasteiger partial charge < -0.3 is 10.4 Å². The summed E-state index contributed by atoms with van der Waals surface area (Å²) in [5.74, 6) is 1.54. The quantitative estimate of drug-likeness (QED) is 0.764. The summed E-state index contributed by atoms with van der Waals surface area (Å²) in [6, 6.07) is 6.63. The molecule has 2 unspecified atom stereocenters. The van der Waals surface area contributed by atoms with Gasteiger partial charge in [-0.15, -0.1) is 0 Å². The van der Waals surface area contributed by atoms with Crippen LogP contribution in [0.5, 0.6) is 0 Å². The van der Waals surface area contributed by atoms with E-state index in [9.17, 15) is 5.11 Å². The van der Waals surface area contributed by atoms with Gasteiger partial charge in [-0.25, -0.2) is 9.97 Å². The highest BCUT2D eigenvalue weighted by Gasteiger charge is 2.55. The zero-order chi connectivity index (χ0) is 16.1. The van der Waals surface area contributed by atoms with Crippen molar-refractivity contribution in [2.75, 3.05) is 25.0 Å². The Balaban J connectivity index is 1.31. The number of hydrogen-bond donors (Lipinski definition) is 2. The van der Waals surface area contributed by atoms with Crippen molar-refractivity contribution in [2.45, 2.75) is 29.3 Å². The van der Waals surface area contributed by atoms with Crippen LogP contribution in [-0.4, -0.2) is 39.7 Å². The standard InChI is InChI=1S/C18H20N4OS/c23-11-18-3-6-22(10-13(18)8-18)9-12-1-2-15-14(7-12)21-16-17(24-15)20-5-4-19-16/h1-2,4-5,7,13,23H,3,6,8-11H2,(H,19,21). The average Bonchev–Trinajstić information content (AvgIpc) is 3.34. The second kappa shape index (κ2) is 5.44. The van der Waals surface area contributed by atoms with Crippen molar-refractivity contribution >= 4 is 23.3 Å². The molecule has 124 valence electrons. The Morgan fingerprint density at radius 1 is 1.33 bits per heavy atom. The van der Waals surface area contributed by atoms with Crippen molar-refractivity contribution in [3.05, 3.63) is 36.2 Å². The highest BCUT2D eigenvalue weighted by atomic mass is 32.2. The highest BCUT2D eigenvalue weighted by Crippen LogP contribution is 2.57. The van der Waals surface area contributed by atoms with Gasteiger partial charge in [-0.3, -0.25) is 4.90 Å². The van der Waals surface area contributed by atoms with E-state index in [1.807, 2.05) is 0 Å². The maximum atomic E-state index is 9.54. The highest BCUT2D eigenvalue weighted by molar-refractivity contribution is 7.99. The Morgan fingerprint density at radius 3 is 3.12 bits per heavy atom. The van der Waals surface area contributed by atoms with Gasteiger partial charge in [0.1, 0.15) is 5.03 Å². The van der Waals surface area contributed by atoms with E-state index in [2.05, 4.69) is 38.4 Å². The summed E-state index contributed by atoms with van der Waals surface area (Å²) < 4.78 is 0. The van der Waals surface area contributed by atoms with Gasteiger partial charge in [-0.2, -0.15) is 0 Å². The van der Waals surface area contributed by atoms with Crippen LogP contribution in [0.15, 0.2) is 40.5 Å². The van der Waals surface area contributed by atoms with E-state index in [0.29, 0.717) is 12.5 Å². The van der Waals surface area contributed by atoms with Crippen molar-refractivity contribution < 1.29 is 5.11 Å². The Morgan fingerprint density at radius 2 is 2.25 bits per heavy atom. The van der Waals surface area contributed by atoms with Crippen LogP contribution >= 0.6 is 11.8 Å². The van der Waals surface area contributed by atoms with Crippen LogP contribution in [-0.2, 0) is 6.54 Å². The van der Waals surface area contributed by atoms with E-state index in [0.717, 1.165) is 42.6 Å². The molecule has 2 fully saturated rings. The summed E-state index contributed by atoms with van der Waals surface area (Å²) in [7, 11) is 0. The molecule has 24 heavy (non-hydrogen) atoms. The average molecular weight is 340 g/mol. The van der Waals surface area contributed by atoms with Gasteiger partial charge in [0.2, 0.25) is 0 Å². The molecule has 3 aliphatic rings. The van der Waals surface area contributed by atoms with Gasteiger partial charge in [0.15, 0.2) is 5.82 Å². The summed E-state index contributed by atoms with van der Waals surface area (Å²) in [6.07, 6.45) is 5.79. The first-order valence-electron chi connectivity index (χ1n) is 8.48. The number of nitrogens with one attached hydrogen (secondary N) is 1. The number of rotatable bonds is 3. The molecule has 0 bridgehead atoms. The topological polar surface area (TPSA) is 61.3 Å². The molecule has 2 N–H and O–H groups in total. The molecule has 0 amide bonds. The van der Waals surface area contributed by atoms with Crippen LogP contribution in [0.25, 0.3) is 0 Å². The number of aliphatic hydroxyl groups is 1. The molecule has 1 saturated carbocycles. The van der Waals surface area contributed by atoms with Crippen LogP contribution in [0.4, 0.5) is 11.5 Å². The first-order valence-corrected chi connectivity index (χ1v) is 9.29. The van der Waals surface area contributed by atoms with Crippen LogP contribution < -0.4 is 5.32 Å². The molecular formula is C18H20N4OS. The van der Waals surface area contributed by atoms with Gasteiger partial charge in [-0.05, 0) is 48.4 Å². The number of aromatic nitrogens is 2. The predicted octanol–water partition coefficient (Wildman–Crippen LogP) is 2.89. The van der Waals surface area contributed by atoms with E-state index in [1.165, 1.54) is 16.9 Å². The normalized spacial score (nSPS) is 27.6. The van der Waals surface area contributed by atoms with Crippen molar-refractivity contribution in [2.24, 2.45) is 11.3 Å². The van der Waals surface area contributed by atoms with Crippen LogP contribution in [0.2, 0.25) is 0 Å². The number of fused-ring (bicyclic) bond motifs is 3. The summed E-state index contributed by atoms with van der Waals surface area (Å²) in [5.41, 5.74) is 2.72. The largest absolute Gasteiger partial charge is 0.396 e. The van der Waals surface area contributed by atoms with Crippen molar-refractivity contribution in [3.63, 3.8) is 0 Å². The first kappa shape index (κ1) is 14.7. The van der Waals surface area contributed by atoms with E-state index < -0.39 is 0 Å². The summed E-state index contributed by atoms with van der Waals surface area (Å²) in [5, 5.41) is 13.9. The number of anilines is 2. The summed E-state index contributed by atoms with van der Waals surface area (Å²) >= 11 is 1.67. The lowest BCUT2D eigenvalue weighted by Crippen LogP contribution is -2.35. The molecule has 0 spiro atoms. The lowest BCUT2D eigenvalue weighted by Gasteiger charge is -2.31. The molecule has 5 rings (SSSR count). The minimum atomic E-state index is 0.271. The number of likely N-dealkylation sites (tertiary alicyclic amines) is 1. The second-order valence-corrected chi connectivity index (χ2v) is 8.20. The third kappa shape index (κ3) is 2.41. The smallest absolute Gasteiger partial charge is 0.163 e. The third-order valence-corrected chi connectivity index (χ3v) is 6.72. The molecule has 2 aliphatic heterocycles. The molecule has 2 aromatic rings. The van der Waals surface area contributed by atoms with E-state index in [-0.39, 0.29) is 5.41 Å². The number of piperidine rings is 1. The summed E-state index contributed by atoms with van der Waals surface area (Å²) in [6.45, 7) is 3.55. The monoisotopic (exact) mass is 340 g/mol. The Labute approximate surface area is 145 Å². The fraction of sp³-hybridized carbons (Fsp3) is 0.444. The second-order valence-electron chi connectivity index (χ2n) is 7.17. The fourth-order valence-electron chi connectivity index (χ4n) is 4.03. The van der Waals surface area contributed by atoms with Crippen LogP contribution in [0.3, 0.4) is 0 Å². The molecule has 1 aromatic heterocycles. The number of hydrogen-bond acceptors (Lipinski definition) is 6. The van der Waals surface area contributed by atoms with Gasteiger partial charge >= 0.3 is 0 Å². The van der Waals surface area contributed by atoms with Gasteiger partial charge in [-0.1, -0.05) is 17.8 Å². The molecule has 1 aromatic carbocycles. The van der Waals surface area contributed by atoms with Gasteiger partial charge in [0.25, 0.3) is 0 Å². The lowest BCUT2D eigenvalue weighted by molar-refractivity contribution is 0.116. The lowest BCUT2D eigenvalue weighted by atomic mass is 9.96.